The molecule has 4 heteroatoms. The van der Waals surface area contributed by atoms with E-state index >= 15 is 0 Å². The number of thiol groups is 1. The van der Waals surface area contributed by atoms with Gasteiger partial charge in [-0.25, -0.2) is 15.0 Å². The molecular weight excluding hydrogens is 663 g/mol. The lowest BCUT2D eigenvalue weighted by Crippen LogP contribution is -1.96. The first kappa shape index (κ1) is 32.3. The molecule has 0 N–H and O–H groups in total. The third-order valence-corrected chi connectivity index (χ3v) is 9.98. The molecule has 0 spiro atoms. The van der Waals surface area contributed by atoms with E-state index in [2.05, 4.69) is 152 Å². The Morgan fingerprint density at radius 3 is 1.47 bits per heavy atom. The smallest absolute Gasteiger partial charge is 0.160 e. The highest BCUT2D eigenvalue weighted by Crippen LogP contribution is 2.37. The van der Waals surface area contributed by atoms with Crippen LogP contribution in [0.5, 0.6) is 0 Å². The summed E-state index contributed by atoms with van der Waals surface area (Å²) in [7, 11) is 0. The molecule has 0 fully saturated rings. The van der Waals surface area contributed by atoms with E-state index in [1.807, 2.05) is 42.5 Å². The van der Waals surface area contributed by atoms with Crippen LogP contribution in [0.3, 0.4) is 0 Å². The molecule has 9 aromatic rings. The van der Waals surface area contributed by atoms with Gasteiger partial charge in [0.15, 0.2) is 5.82 Å². The molecule has 0 amide bonds. The number of nitrogens with zero attached hydrogens (tertiary/aromatic N) is 3. The number of rotatable bonds is 7. The zero-order valence-electron chi connectivity index (χ0n) is 28.8. The van der Waals surface area contributed by atoms with Gasteiger partial charge in [-0.1, -0.05) is 152 Å². The number of hydrogen-bond acceptors (Lipinski definition) is 4. The zero-order chi connectivity index (χ0) is 35.6. The summed E-state index contributed by atoms with van der Waals surface area (Å²) >= 11 is 4.75. The van der Waals surface area contributed by atoms with Crippen LogP contribution < -0.4 is 0 Å². The van der Waals surface area contributed by atoms with Gasteiger partial charge in [0.25, 0.3) is 0 Å². The second-order valence-corrected chi connectivity index (χ2v) is 13.5. The van der Waals surface area contributed by atoms with E-state index in [0.717, 1.165) is 77.4 Å². The summed E-state index contributed by atoms with van der Waals surface area (Å²) < 4.78 is 0. The Kier molecular flexibility index (Phi) is 8.64. The minimum Gasteiger partial charge on any atom is -0.248 e. The van der Waals surface area contributed by atoms with Gasteiger partial charge >= 0.3 is 0 Å². The van der Waals surface area contributed by atoms with Gasteiger partial charge in [-0.05, 0) is 75.8 Å². The van der Waals surface area contributed by atoms with Crippen LogP contribution in [0, 0.1) is 0 Å². The van der Waals surface area contributed by atoms with Crippen molar-refractivity contribution in [1.29, 1.82) is 0 Å². The Labute approximate surface area is 314 Å². The van der Waals surface area contributed by atoms with E-state index in [-0.39, 0.29) is 0 Å². The highest BCUT2D eigenvalue weighted by atomic mass is 32.1. The fourth-order valence-electron chi connectivity index (χ4n) is 6.89. The topological polar surface area (TPSA) is 38.7 Å². The number of fused-ring (bicyclic) bond motifs is 1. The molecule has 0 unspecified atom stereocenters. The van der Waals surface area contributed by atoms with E-state index in [0.29, 0.717) is 5.82 Å². The zero-order valence-corrected chi connectivity index (χ0v) is 29.7. The van der Waals surface area contributed by atoms with Crippen molar-refractivity contribution in [3.05, 3.63) is 194 Å². The molecule has 250 valence electrons. The molecule has 0 aliphatic rings. The van der Waals surface area contributed by atoms with Crippen LogP contribution in [0.2, 0.25) is 0 Å². The molecule has 7 aromatic carbocycles. The fourth-order valence-corrected chi connectivity index (χ4v) is 7.17. The van der Waals surface area contributed by atoms with E-state index in [4.69, 9.17) is 27.6 Å². The molecule has 9 rings (SSSR count). The van der Waals surface area contributed by atoms with E-state index in [1.165, 1.54) is 11.1 Å². The van der Waals surface area contributed by atoms with E-state index in [9.17, 15) is 0 Å². The van der Waals surface area contributed by atoms with Gasteiger partial charge in [0, 0.05) is 32.5 Å². The molecule has 53 heavy (non-hydrogen) atoms. The Hall–Kier alpha value is -6.62. The predicted octanol–water partition coefficient (Wildman–Crippen LogP) is 13.0. The average Bonchev–Trinajstić information content (AvgIpc) is 3.24. The van der Waals surface area contributed by atoms with Gasteiger partial charge in [-0.3, -0.25) is 0 Å². The number of pyridine rings is 1. The van der Waals surface area contributed by atoms with Crippen molar-refractivity contribution >= 4 is 23.5 Å². The Bertz CT molecular complexity index is 2650. The molecule has 0 aliphatic carbocycles. The standard InChI is InChI=1S/C49H33N3S/c53-48-23-13-11-21-42(48)47-32-46(36-18-8-3-9-19-36)51-49(52-47)37-26-24-35(25-27-37)43-31-45(50-44-22-12-10-20-41(43)44)40-29-38(33-14-4-1-5-15-33)28-39(30-40)34-16-6-2-7-17-34/h1-32,53H. The maximum absolute atomic E-state index is 5.22. The molecule has 2 heterocycles. The van der Waals surface area contributed by atoms with Crippen molar-refractivity contribution in [1.82, 2.24) is 15.0 Å². The summed E-state index contributed by atoms with van der Waals surface area (Å²) in [5, 5.41) is 1.10. The van der Waals surface area contributed by atoms with Crippen LogP contribution >= 0.6 is 12.6 Å². The highest BCUT2D eigenvalue weighted by Gasteiger charge is 2.15. The van der Waals surface area contributed by atoms with Crippen molar-refractivity contribution < 1.29 is 0 Å². The monoisotopic (exact) mass is 695 g/mol. The largest absolute Gasteiger partial charge is 0.248 e. The predicted molar refractivity (Wildman–Crippen MR) is 223 cm³/mol. The second kappa shape index (κ2) is 14.2. The minimum absolute atomic E-state index is 0.663. The highest BCUT2D eigenvalue weighted by molar-refractivity contribution is 7.80. The lowest BCUT2D eigenvalue weighted by molar-refractivity contribution is 1.17. The van der Waals surface area contributed by atoms with Crippen molar-refractivity contribution in [3.63, 3.8) is 0 Å². The molecule has 3 nitrogen and oxygen atoms in total. The maximum atomic E-state index is 5.22. The van der Waals surface area contributed by atoms with Crippen LogP contribution in [-0.4, -0.2) is 15.0 Å². The average molecular weight is 696 g/mol. The Morgan fingerprint density at radius 2 is 0.811 bits per heavy atom. The summed E-state index contributed by atoms with van der Waals surface area (Å²) in [6, 6.07) is 67.4. The summed E-state index contributed by atoms with van der Waals surface area (Å²) in [6.45, 7) is 0. The Morgan fingerprint density at radius 1 is 0.302 bits per heavy atom. The van der Waals surface area contributed by atoms with Crippen molar-refractivity contribution in [2.45, 2.75) is 4.90 Å². The molecule has 0 saturated carbocycles. The SMILES string of the molecule is Sc1ccccc1-c1cc(-c2ccccc2)nc(-c2ccc(-c3cc(-c4cc(-c5ccccc5)cc(-c5ccccc5)c4)nc4ccccc34)cc2)n1. The van der Waals surface area contributed by atoms with E-state index in [1.54, 1.807) is 0 Å². The van der Waals surface area contributed by atoms with Gasteiger partial charge in [-0.15, -0.1) is 12.6 Å². The molecule has 0 bridgehead atoms. The van der Waals surface area contributed by atoms with Gasteiger partial charge in [0.1, 0.15) is 0 Å². The van der Waals surface area contributed by atoms with Gasteiger partial charge in [0.2, 0.25) is 0 Å². The summed E-state index contributed by atoms with van der Waals surface area (Å²) in [5.41, 5.74) is 14.4. The first-order chi connectivity index (χ1) is 26.2. The van der Waals surface area contributed by atoms with Gasteiger partial charge < -0.3 is 0 Å². The van der Waals surface area contributed by atoms with Crippen LogP contribution in [0.1, 0.15) is 0 Å². The minimum atomic E-state index is 0.663. The third-order valence-electron chi connectivity index (χ3n) is 9.59. The summed E-state index contributed by atoms with van der Waals surface area (Å²) in [6.07, 6.45) is 0. The second-order valence-electron chi connectivity index (χ2n) is 13.0. The number of para-hydroxylation sites is 1. The molecular formula is C49H33N3S. The maximum Gasteiger partial charge on any atom is 0.160 e. The van der Waals surface area contributed by atoms with Crippen LogP contribution in [-0.2, 0) is 0 Å². The lowest BCUT2D eigenvalue weighted by atomic mass is 9.93. The van der Waals surface area contributed by atoms with Crippen LogP contribution in [0.4, 0.5) is 0 Å². The molecule has 0 saturated heterocycles. The van der Waals surface area contributed by atoms with E-state index < -0.39 is 0 Å². The van der Waals surface area contributed by atoms with Gasteiger partial charge in [-0.2, -0.15) is 0 Å². The third kappa shape index (κ3) is 6.64. The molecule has 2 aromatic heterocycles. The number of benzene rings is 7. The quantitative estimate of drug-likeness (QED) is 0.169. The first-order valence-electron chi connectivity index (χ1n) is 17.7. The molecule has 0 radical (unpaired) electrons. The number of hydrogen-bond donors (Lipinski definition) is 1. The number of aromatic nitrogens is 3. The van der Waals surface area contributed by atoms with Crippen molar-refractivity contribution in [2.75, 3.05) is 0 Å². The molecule has 0 atom stereocenters. The normalized spacial score (nSPS) is 11.1. The first-order valence-corrected chi connectivity index (χ1v) is 18.1. The van der Waals surface area contributed by atoms with Crippen LogP contribution in [0.15, 0.2) is 199 Å². The Balaban J connectivity index is 1.16. The summed E-state index contributed by atoms with van der Waals surface area (Å²) in [4.78, 5) is 16.2. The van der Waals surface area contributed by atoms with Crippen molar-refractivity contribution in [2.24, 2.45) is 0 Å². The fraction of sp³-hybridized carbons (Fsp3) is 0. The van der Waals surface area contributed by atoms with Crippen molar-refractivity contribution in [3.8, 4) is 78.5 Å². The molecule has 0 aliphatic heterocycles. The lowest BCUT2D eigenvalue weighted by Gasteiger charge is -2.14. The summed E-state index contributed by atoms with van der Waals surface area (Å²) in [5.74, 6) is 0.663. The van der Waals surface area contributed by atoms with Crippen LogP contribution in [0.25, 0.3) is 89.4 Å². The van der Waals surface area contributed by atoms with Gasteiger partial charge in [0.05, 0.1) is 22.6 Å².